The van der Waals surface area contributed by atoms with Gasteiger partial charge < -0.3 is 20.1 Å². The van der Waals surface area contributed by atoms with Crippen LogP contribution in [-0.4, -0.2) is 32.8 Å². The van der Waals surface area contributed by atoms with Crippen molar-refractivity contribution in [2.45, 2.75) is 0 Å². The Balaban J connectivity index is 1.81. The summed E-state index contributed by atoms with van der Waals surface area (Å²) in [6.07, 6.45) is 0. The number of halogens is 1. The molecule has 1 amide bonds. The highest BCUT2D eigenvalue weighted by Gasteiger charge is 2.03. The fourth-order valence-electron chi connectivity index (χ4n) is 1.86. The third-order valence-electron chi connectivity index (χ3n) is 2.97. The molecular weight excluding hydrogens is 299 g/mol. The Hall–Kier alpha value is -2.60. The summed E-state index contributed by atoms with van der Waals surface area (Å²) in [6.45, 7) is 1.07. The molecule has 0 atom stereocenters. The van der Waals surface area contributed by atoms with Crippen molar-refractivity contribution in [2.75, 3.05) is 37.5 Å². The predicted octanol–water partition coefficient (Wildman–Crippen LogP) is 2.90. The number of anilines is 2. The lowest BCUT2D eigenvalue weighted by atomic mass is 10.3. The average Bonchev–Trinajstić information content (AvgIpc) is 2.56. The van der Waals surface area contributed by atoms with Crippen molar-refractivity contribution >= 4 is 17.3 Å². The first kappa shape index (κ1) is 16.8. The fourth-order valence-corrected chi connectivity index (χ4v) is 1.86. The zero-order chi connectivity index (χ0) is 16.5. The highest BCUT2D eigenvalue weighted by molar-refractivity contribution is 5.93. The van der Waals surface area contributed by atoms with Crippen molar-refractivity contribution in [1.82, 2.24) is 0 Å². The molecule has 0 fully saturated rings. The Bertz CT molecular complexity index is 632. The highest BCUT2D eigenvalue weighted by atomic mass is 19.1. The van der Waals surface area contributed by atoms with Crippen LogP contribution in [-0.2, 0) is 9.53 Å². The molecule has 0 aromatic heterocycles. The molecule has 2 rings (SSSR count). The Morgan fingerprint density at radius 2 is 1.87 bits per heavy atom. The van der Waals surface area contributed by atoms with Crippen LogP contribution in [0.3, 0.4) is 0 Å². The fraction of sp³-hybridized carbons (Fsp3) is 0.235. The second-order valence-electron chi connectivity index (χ2n) is 4.78. The molecule has 6 heteroatoms. The quantitative estimate of drug-likeness (QED) is 0.735. The number of benzene rings is 2. The molecule has 0 heterocycles. The lowest BCUT2D eigenvalue weighted by Gasteiger charge is -2.10. The van der Waals surface area contributed by atoms with Crippen molar-refractivity contribution < 1.29 is 18.7 Å². The van der Waals surface area contributed by atoms with Gasteiger partial charge in [-0.05, 0) is 36.4 Å². The standard InChI is InChI=1S/C17H19FN2O3/c1-22-9-10-23-16-4-2-3-15(11-16)19-12-17(21)20-14-7-5-13(18)6-8-14/h2-8,11,19H,9-10,12H2,1H3,(H,20,21). The molecule has 2 aromatic rings. The molecule has 2 aromatic carbocycles. The van der Waals surface area contributed by atoms with Gasteiger partial charge in [0.1, 0.15) is 18.2 Å². The van der Waals surface area contributed by atoms with Crippen LogP contribution in [0.1, 0.15) is 0 Å². The predicted molar refractivity (Wildman–Crippen MR) is 87.3 cm³/mol. The smallest absolute Gasteiger partial charge is 0.243 e. The molecule has 0 bridgehead atoms. The van der Waals surface area contributed by atoms with Crippen molar-refractivity contribution in [3.05, 3.63) is 54.3 Å². The van der Waals surface area contributed by atoms with Crippen LogP contribution >= 0.6 is 0 Å². The van der Waals surface area contributed by atoms with Crippen molar-refractivity contribution in [3.8, 4) is 5.75 Å². The second kappa shape index (κ2) is 8.75. The van der Waals surface area contributed by atoms with Crippen LogP contribution in [0.15, 0.2) is 48.5 Å². The molecule has 0 aliphatic rings. The van der Waals surface area contributed by atoms with Crippen LogP contribution in [0.25, 0.3) is 0 Å². The molecule has 0 spiro atoms. The molecule has 2 N–H and O–H groups in total. The van der Waals surface area contributed by atoms with E-state index in [0.717, 1.165) is 5.69 Å². The third-order valence-corrected chi connectivity index (χ3v) is 2.97. The normalized spacial score (nSPS) is 10.2. The van der Waals surface area contributed by atoms with Gasteiger partial charge in [-0.2, -0.15) is 0 Å². The largest absolute Gasteiger partial charge is 0.491 e. The van der Waals surface area contributed by atoms with Gasteiger partial charge in [-0.25, -0.2) is 4.39 Å². The van der Waals surface area contributed by atoms with Crippen LogP contribution in [0.2, 0.25) is 0 Å². The van der Waals surface area contributed by atoms with Crippen LogP contribution in [0, 0.1) is 5.82 Å². The molecule has 0 radical (unpaired) electrons. The van der Waals surface area contributed by atoms with E-state index in [4.69, 9.17) is 9.47 Å². The summed E-state index contributed by atoms with van der Waals surface area (Å²) >= 11 is 0. The summed E-state index contributed by atoms with van der Waals surface area (Å²) in [4.78, 5) is 11.9. The number of carbonyl (C=O) groups is 1. The summed E-state index contributed by atoms with van der Waals surface area (Å²) < 4.78 is 23.2. The van der Waals surface area contributed by atoms with Crippen molar-refractivity contribution in [2.24, 2.45) is 0 Å². The lowest BCUT2D eigenvalue weighted by Crippen LogP contribution is -2.21. The van der Waals surface area contributed by atoms with Crippen molar-refractivity contribution in [1.29, 1.82) is 0 Å². The molecule has 5 nitrogen and oxygen atoms in total. The van der Waals surface area contributed by atoms with E-state index in [-0.39, 0.29) is 18.3 Å². The molecule has 122 valence electrons. The molecule has 0 unspecified atom stereocenters. The van der Waals surface area contributed by atoms with Gasteiger partial charge in [-0.15, -0.1) is 0 Å². The van der Waals surface area contributed by atoms with Gasteiger partial charge in [0.05, 0.1) is 13.2 Å². The summed E-state index contributed by atoms with van der Waals surface area (Å²) in [5, 5.41) is 5.69. The third kappa shape index (κ3) is 5.96. The highest BCUT2D eigenvalue weighted by Crippen LogP contribution is 2.17. The van der Waals surface area contributed by atoms with Gasteiger partial charge in [-0.1, -0.05) is 6.07 Å². The van der Waals surface area contributed by atoms with E-state index >= 15 is 0 Å². The van der Waals surface area contributed by atoms with Gasteiger partial charge in [0, 0.05) is 24.6 Å². The van der Waals surface area contributed by atoms with Gasteiger partial charge in [-0.3, -0.25) is 4.79 Å². The van der Waals surface area contributed by atoms with E-state index in [9.17, 15) is 9.18 Å². The second-order valence-corrected chi connectivity index (χ2v) is 4.78. The molecule has 0 aliphatic heterocycles. The zero-order valence-electron chi connectivity index (χ0n) is 12.8. The first-order chi connectivity index (χ1) is 11.2. The van der Waals surface area contributed by atoms with E-state index in [0.29, 0.717) is 24.7 Å². The Morgan fingerprint density at radius 3 is 2.61 bits per heavy atom. The maximum absolute atomic E-state index is 12.8. The van der Waals surface area contributed by atoms with Crippen LogP contribution in [0.4, 0.5) is 15.8 Å². The van der Waals surface area contributed by atoms with Gasteiger partial charge in [0.25, 0.3) is 0 Å². The average molecular weight is 318 g/mol. The summed E-state index contributed by atoms with van der Waals surface area (Å²) in [5.41, 5.74) is 1.32. The Morgan fingerprint density at radius 1 is 1.09 bits per heavy atom. The number of ether oxygens (including phenoxy) is 2. The molecule has 0 saturated carbocycles. The lowest BCUT2D eigenvalue weighted by molar-refractivity contribution is -0.114. The maximum atomic E-state index is 12.8. The summed E-state index contributed by atoms with van der Waals surface area (Å²) in [6, 6.07) is 12.9. The van der Waals surface area contributed by atoms with E-state index in [1.807, 2.05) is 18.2 Å². The number of amides is 1. The molecular formula is C17H19FN2O3. The minimum absolute atomic E-state index is 0.0961. The van der Waals surface area contributed by atoms with Crippen molar-refractivity contribution in [3.63, 3.8) is 0 Å². The van der Waals surface area contributed by atoms with Gasteiger partial charge in [0.15, 0.2) is 0 Å². The number of carbonyl (C=O) groups excluding carboxylic acids is 1. The molecule has 0 aliphatic carbocycles. The Kier molecular flexibility index (Phi) is 6.38. The minimum atomic E-state index is -0.341. The SMILES string of the molecule is COCCOc1cccc(NCC(=O)Nc2ccc(F)cc2)c1. The minimum Gasteiger partial charge on any atom is -0.491 e. The number of nitrogens with one attached hydrogen (secondary N) is 2. The van der Waals surface area contributed by atoms with E-state index in [1.54, 1.807) is 13.2 Å². The first-order valence-electron chi connectivity index (χ1n) is 7.18. The van der Waals surface area contributed by atoms with Gasteiger partial charge >= 0.3 is 0 Å². The summed E-state index contributed by atoms with van der Waals surface area (Å²) in [5.74, 6) is 0.139. The first-order valence-corrected chi connectivity index (χ1v) is 7.18. The van der Waals surface area contributed by atoms with Gasteiger partial charge in [0.2, 0.25) is 5.91 Å². The number of rotatable bonds is 8. The van der Waals surface area contributed by atoms with E-state index < -0.39 is 0 Å². The Labute approximate surface area is 134 Å². The van der Waals surface area contributed by atoms with Crippen LogP contribution < -0.4 is 15.4 Å². The monoisotopic (exact) mass is 318 g/mol. The van der Waals surface area contributed by atoms with Crippen LogP contribution in [0.5, 0.6) is 5.75 Å². The molecule has 0 saturated heterocycles. The van der Waals surface area contributed by atoms with E-state index in [1.165, 1.54) is 24.3 Å². The molecule has 23 heavy (non-hydrogen) atoms. The zero-order valence-corrected chi connectivity index (χ0v) is 12.8. The number of hydrogen-bond donors (Lipinski definition) is 2. The summed E-state index contributed by atoms with van der Waals surface area (Å²) in [7, 11) is 1.61. The number of methoxy groups -OCH3 is 1. The topological polar surface area (TPSA) is 59.6 Å². The van der Waals surface area contributed by atoms with E-state index in [2.05, 4.69) is 10.6 Å². The maximum Gasteiger partial charge on any atom is 0.243 e. The number of hydrogen-bond acceptors (Lipinski definition) is 4.